The number of nitrogens with zero attached hydrogens (tertiary/aromatic N) is 2. The van der Waals surface area contributed by atoms with Crippen LogP contribution in [0.3, 0.4) is 0 Å². The van der Waals surface area contributed by atoms with Crippen LogP contribution < -0.4 is 4.90 Å². The van der Waals surface area contributed by atoms with Gasteiger partial charge in [-0.25, -0.2) is 0 Å². The Morgan fingerprint density at radius 2 is 1.35 bits per heavy atom. The molecule has 0 N–H and O–H groups in total. The average Bonchev–Trinajstić information content (AvgIpc) is 2.64. The summed E-state index contributed by atoms with van der Waals surface area (Å²) < 4.78 is 0. The van der Waals surface area contributed by atoms with Crippen molar-refractivity contribution in [2.45, 2.75) is 25.7 Å². The van der Waals surface area contributed by atoms with Gasteiger partial charge in [0.1, 0.15) is 0 Å². The predicted molar refractivity (Wildman–Crippen MR) is 94.9 cm³/mol. The number of amides is 1. The molecule has 0 radical (unpaired) electrons. The average molecular weight is 308 g/mol. The van der Waals surface area contributed by atoms with E-state index in [2.05, 4.69) is 29.2 Å². The minimum atomic E-state index is 0.279. The zero-order chi connectivity index (χ0) is 15.9. The molecule has 3 nitrogen and oxygen atoms in total. The number of rotatable bonds is 5. The molecule has 1 amide bonds. The second-order valence-electron chi connectivity index (χ2n) is 6.01. The lowest BCUT2D eigenvalue weighted by Gasteiger charge is -2.29. The van der Waals surface area contributed by atoms with Crippen LogP contribution in [0.15, 0.2) is 60.7 Å². The maximum atomic E-state index is 12.5. The normalized spacial score (nSPS) is 14.5. The standard InChI is InChI=1S/C20H24N2O/c23-20(21-15-8-3-9-16-21)14-17-22(18-10-4-1-5-11-18)19-12-6-2-7-13-19/h1-2,4-7,10-13H,3,8-9,14-17H2. The van der Waals surface area contributed by atoms with Gasteiger partial charge in [0.2, 0.25) is 5.91 Å². The van der Waals surface area contributed by atoms with Gasteiger partial charge in [0, 0.05) is 37.4 Å². The number of hydrogen-bond acceptors (Lipinski definition) is 2. The van der Waals surface area contributed by atoms with Gasteiger partial charge in [0.15, 0.2) is 0 Å². The summed E-state index contributed by atoms with van der Waals surface area (Å²) in [6.45, 7) is 2.56. The van der Waals surface area contributed by atoms with E-state index in [-0.39, 0.29) is 5.91 Å². The third-order valence-corrected chi connectivity index (χ3v) is 4.39. The number of carbonyl (C=O) groups is 1. The molecule has 23 heavy (non-hydrogen) atoms. The summed E-state index contributed by atoms with van der Waals surface area (Å²) in [7, 11) is 0. The monoisotopic (exact) mass is 308 g/mol. The first kappa shape index (κ1) is 15.6. The first-order valence-corrected chi connectivity index (χ1v) is 8.50. The minimum absolute atomic E-state index is 0.279. The molecule has 1 aliphatic heterocycles. The molecule has 0 spiro atoms. The summed E-state index contributed by atoms with van der Waals surface area (Å²) >= 11 is 0. The first-order chi connectivity index (χ1) is 11.3. The summed E-state index contributed by atoms with van der Waals surface area (Å²) in [5.41, 5.74) is 2.26. The van der Waals surface area contributed by atoms with Crippen molar-refractivity contribution in [1.29, 1.82) is 0 Å². The lowest BCUT2D eigenvalue weighted by molar-refractivity contribution is -0.131. The Morgan fingerprint density at radius 1 is 0.826 bits per heavy atom. The van der Waals surface area contributed by atoms with Crippen LogP contribution in [0.25, 0.3) is 0 Å². The molecule has 0 aliphatic carbocycles. The molecule has 1 fully saturated rings. The molecular formula is C20H24N2O. The molecule has 0 saturated carbocycles. The molecule has 1 heterocycles. The van der Waals surface area contributed by atoms with E-state index in [1.165, 1.54) is 6.42 Å². The van der Waals surface area contributed by atoms with Gasteiger partial charge in [-0.1, -0.05) is 36.4 Å². The van der Waals surface area contributed by atoms with Crippen LogP contribution in [0.4, 0.5) is 11.4 Å². The molecule has 0 atom stereocenters. The maximum Gasteiger partial charge on any atom is 0.224 e. The Labute approximate surface area is 138 Å². The Morgan fingerprint density at radius 3 is 1.87 bits per heavy atom. The van der Waals surface area contributed by atoms with Crippen LogP contribution in [0.2, 0.25) is 0 Å². The van der Waals surface area contributed by atoms with E-state index in [1.54, 1.807) is 0 Å². The van der Waals surface area contributed by atoms with Gasteiger partial charge in [-0.15, -0.1) is 0 Å². The van der Waals surface area contributed by atoms with Crippen molar-refractivity contribution in [3.8, 4) is 0 Å². The SMILES string of the molecule is O=C(CCN(c1ccccc1)c1ccccc1)N1CCCCC1. The summed E-state index contributed by atoms with van der Waals surface area (Å²) in [5.74, 6) is 0.279. The second kappa shape index (κ2) is 7.82. The number of hydrogen-bond donors (Lipinski definition) is 0. The second-order valence-corrected chi connectivity index (χ2v) is 6.01. The highest BCUT2D eigenvalue weighted by Gasteiger charge is 2.18. The van der Waals surface area contributed by atoms with Crippen LogP contribution in [-0.4, -0.2) is 30.4 Å². The fourth-order valence-corrected chi connectivity index (χ4v) is 3.13. The molecule has 1 aliphatic rings. The van der Waals surface area contributed by atoms with Crippen molar-refractivity contribution in [1.82, 2.24) is 4.90 Å². The van der Waals surface area contributed by atoms with E-state index in [0.717, 1.165) is 37.3 Å². The van der Waals surface area contributed by atoms with E-state index >= 15 is 0 Å². The largest absolute Gasteiger partial charge is 0.343 e. The summed E-state index contributed by atoms with van der Waals surface area (Å²) in [6.07, 6.45) is 4.10. The number of piperidine rings is 1. The predicted octanol–water partition coefficient (Wildman–Crippen LogP) is 4.23. The van der Waals surface area contributed by atoms with E-state index in [4.69, 9.17) is 0 Å². The van der Waals surface area contributed by atoms with Crippen molar-refractivity contribution in [2.75, 3.05) is 24.5 Å². The molecule has 1 saturated heterocycles. The van der Waals surface area contributed by atoms with E-state index < -0.39 is 0 Å². The Bertz CT molecular complexity index is 567. The zero-order valence-electron chi connectivity index (χ0n) is 13.5. The van der Waals surface area contributed by atoms with E-state index in [1.807, 2.05) is 41.3 Å². The highest BCUT2D eigenvalue weighted by atomic mass is 16.2. The van der Waals surface area contributed by atoms with E-state index in [0.29, 0.717) is 13.0 Å². The molecule has 3 rings (SSSR count). The fraction of sp³-hybridized carbons (Fsp3) is 0.350. The third-order valence-electron chi connectivity index (χ3n) is 4.39. The summed E-state index contributed by atoms with van der Waals surface area (Å²) in [4.78, 5) is 16.7. The van der Waals surface area contributed by atoms with Gasteiger partial charge in [-0.05, 0) is 43.5 Å². The minimum Gasteiger partial charge on any atom is -0.343 e. The smallest absolute Gasteiger partial charge is 0.224 e. The molecule has 0 bridgehead atoms. The number of anilines is 2. The lowest BCUT2D eigenvalue weighted by Crippen LogP contribution is -2.37. The number of likely N-dealkylation sites (tertiary alicyclic amines) is 1. The number of benzene rings is 2. The van der Waals surface area contributed by atoms with Crippen LogP contribution in [-0.2, 0) is 4.79 Å². The topological polar surface area (TPSA) is 23.6 Å². The van der Waals surface area contributed by atoms with Gasteiger partial charge in [-0.2, -0.15) is 0 Å². The fourth-order valence-electron chi connectivity index (χ4n) is 3.13. The third kappa shape index (κ3) is 4.13. The van der Waals surface area contributed by atoms with Crippen molar-refractivity contribution >= 4 is 17.3 Å². The van der Waals surface area contributed by atoms with E-state index in [9.17, 15) is 4.79 Å². The Balaban J connectivity index is 1.70. The van der Waals surface area contributed by atoms with Crippen molar-refractivity contribution < 1.29 is 4.79 Å². The quantitative estimate of drug-likeness (QED) is 0.825. The van der Waals surface area contributed by atoms with Crippen molar-refractivity contribution in [2.24, 2.45) is 0 Å². The van der Waals surface area contributed by atoms with Crippen LogP contribution >= 0.6 is 0 Å². The van der Waals surface area contributed by atoms with Crippen molar-refractivity contribution in [3.05, 3.63) is 60.7 Å². The van der Waals surface area contributed by atoms with Crippen LogP contribution in [0.1, 0.15) is 25.7 Å². The molecule has 2 aromatic carbocycles. The van der Waals surface area contributed by atoms with Gasteiger partial charge in [0.05, 0.1) is 0 Å². The molecule has 120 valence electrons. The highest BCUT2D eigenvalue weighted by Crippen LogP contribution is 2.25. The molecule has 0 unspecified atom stereocenters. The molecular weight excluding hydrogens is 284 g/mol. The molecule has 0 aromatic heterocycles. The van der Waals surface area contributed by atoms with Crippen LogP contribution in [0.5, 0.6) is 0 Å². The maximum absolute atomic E-state index is 12.5. The molecule has 3 heteroatoms. The first-order valence-electron chi connectivity index (χ1n) is 8.50. The van der Waals surface area contributed by atoms with Gasteiger partial charge >= 0.3 is 0 Å². The zero-order valence-corrected chi connectivity index (χ0v) is 13.5. The Kier molecular flexibility index (Phi) is 5.30. The Hall–Kier alpha value is -2.29. The summed E-state index contributed by atoms with van der Waals surface area (Å²) in [6, 6.07) is 20.6. The number of para-hydroxylation sites is 2. The van der Waals surface area contributed by atoms with Gasteiger partial charge < -0.3 is 9.80 Å². The van der Waals surface area contributed by atoms with Gasteiger partial charge in [0.25, 0.3) is 0 Å². The number of carbonyl (C=O) groups excluding carboxylic acids is 1. The lowest BCUT2D eigenvalue weighted by atomic mass is 10.1. The molecule has 2 aromatic rings. The highest BCUT2D eigenvalue weighted by molar-refractivity contribution is 5.77. The van der Waals surface area contributed by atoms with Gasteiger partial charge in [-0.3, -0.25) is 4.79 Å². The summed E-state index contributed by atoms with van der Waals surface area (Å²) in [5, 5.41) is 0. The van der Waals surface area contributed by atoms with Crippen molar-refractivity contribution in [3.63, 3.8) is 0 Å². The van der Waals surface area contributed by atoms with Crippen LogP contribution in [0, 0.1) is 0 Å².